The molecular weight excluding hydrogens is 284 g/mol. The first kappa shape index (κ1) is 16.5. The lowest BCUT2D eigenvalue weighted by atomic mass is 10.1. The van der Waals surface area contributed by atoms with Crippen LogP contribution in [0.15, 0.2) is 12.3 Å². The van der Waals surface area contributed by atoms with Crippen molar-refractivity contribution in [3.8, 4) is 0 Å². The highest BCUT2D eigenvalue weighted by Crippen LogP contribution is 2.25. The monoisotopic (exact) mass is 302 g/mol. The van der Waals surface area contributed by atoms with E-state index in [1.807, 2.05) is 0 Å². The number of ether oxygens (including phenoxy) is 1. The molecule has 2 atom stereocenters. The van der Waals surface area contributed by atoms with E-state index in [0.29, 0.717) is 12.2 Å². The van der Waals surface area contributed by atoms with Gasteiger partial charge in [0.2, 0.25) is 5.91 Å². The summed E-state index contributed by atoms with van der Waals surface area (Å²) in [5.74, 6) is -0.0471. The van der Waals surface area contributed by atoms with Gasteiger partial charge < -0.3 is 15.8 Å². The number of carbonyl (C=O) groups excluding carboxylic acids is 2. The summed E-state index contributed by atoms with van der Waals surface area (Å²) >= 11 is 0. The average Bonchev–Trinajstić information content (AvgIpc) is 2.98. The number of hydrogen-bond acceptors (Lipinski definition) is 5. The Morgan fingerprint density at radius 1 is 1.55 bits per heavy atom. The minimum absolute atomic E-state index is 0. The number of anilines is 1. The molecule has 2 unspecified atom stereocenters. The van der Waals surface area contributed by atoms with Crippen LogP contribution in [-0.4, -0.2) is 34.8 Å². The first-order chi connectivity index (χ1) is 9.08. The minimum atomic E-state index is -0.386. The van der Waals surface area contributed by atoms with Crippen molar-refractivity contribution in [3.63, 3.8) is 0 Å². The van der Waals surface area contributed by atoms with Gasteiger partial charge in [-0.25, -0.2) is 0 Å². The molecule has 0 spiro atoms. The van der Waals surface area contributed by atoms with Crippen LogP contribution >= 0.6 is 12.4 Å². The van der Waals surface area contributed by atoms with Crippen molar-refractivity contribution in [3.05, 3.63) is 12.3 Å². The second kappa shape index (κ2) is 7.25. The normalized spacial score (nSPS) is 21.1. The highest BCUT2D eigenvalue weighted by molar-refractivity contribution is 5.91. The van der Waals surface area contributed by atoms with Gasteiger partial charge in [-0.1, -0.05) is 0 Å². The second-order valence-electron chi connectivity index (χ2n) is 4.73. The Labute approximate surface area is 123 Å². The molecule has 0 aromatic carbocycles. The van der Waals surface area contributed by atoms with Crippen molar-refractivity contribution in [1.29, 1.82) is 0 Å². The topological polar surface area (TPSA) is 99.2 Å². The maximum absolute atomic E-state index is 11.9. The van der Waals surface area contributed by atoms with Gasteiger partial charge >= 0.3 is 5.97 Å². The second-order valence-corrected chi connectivity index (χ2v) is 4.73. The van der Waals surface area contributed by atoms with Gasteiger partial charge in [0.05, 0.1) is 7.11 Å². The Balaban J connectivity index is 0.00000200. The summed E-state index contributed by atoms with van der Waals surface area (Å²) in [5, 5.41) is 6.82. The van der Waals surface area contributed by atoms with Crippen LogP contribution in [0.3, 0.4) is 0 Å². The Hall–Kier alpha value is -1.60. The highest BCUT2D eigenvalue weighted by Gasteiger charge is 2.28. The molecule has 0 aliphatic heterocycles. The average molecular weight is 303 g/mol. The molecule has 1 amide bonds. The van der Waals surface area contributed by atoms with E-state index < -0.39 is 0 Å². The summed E-state index contributed by atoms with van der Waals surface area (Å²) in [6.07, 6.45) is 4.03. The van der Waals surface area contributed by atoms with Crippen LogP contribution in [0.25, 0.3) is 0 Å². The molecule has 1 saturated carbocycles. The van der Waals surface area contributed by atoms with Gasteiger partial charge in [0.1, 0.15) is 6.54 Å². The zero-order chi connectivity index (χ0) is 13.8. The lowest BCUT2D eigenvalue weighted by Gasteiger charge is -2.08. The smallest absolute Gasteiger partial charge is 0.327 e. The van der Waals surface area contributed by atoms with Crippen LogP contribution in [-0.2, 0) is 20.9 Å². The van der Waals surface area contributed by atoms with Crippen LogP contribution in [0.4, 0.5) is 5.82 Å². The first-order valence-corrected chi connectivity index (χ1v) is 6.25. The van der Waals surface area contributed by atoms with Gasteiger partial charge in [0, 0.05) is 24.2 Å². The molecule has 8 heteroatoms. The van der Waals surface area contributed by atoms with Gasteiger partial charge in [-0.05, 0) is 19.3 Å². The fourth-order valence-electron chi connectivity index (χ4n) is 2.20. The number of nitrogens with one attached hydrogen (secondary N) is 1. The number of rotatable bonds is 4. The maximum atomic E-state index is 11.9. The van der Waals surface area contributed by atoms with Gasteiger partial charge in [-0.15, -0.1) is 12.4 Å². The van der Waals surface area contributed by atoms with Gasteiger partial charge in [-0.2, -0.15) is 5.10 Å². The van der Waals surface area contributed by atoms with E-state index in [2.05, 4.69) is 15.2 Å². The Bertz CT molecular complexity index is 477. The Morgan fingerprint density at radius 2 is 2.30 bits per heavy atom. The summed E-state index contributed by atoms with van der Waals surface area (Å²) in [5.41, 5.74) is 5.78. The van der Waals surface area contributed by atoms with Crippen molar-refractivity contribution < 1.29 is 14.3 Å². The van der Waals surface area contributed by atoms with Crippen molar-refractivity contribution in [1.82, 2.24) is 9.78 Å². The largest absolute Gasteiger partial charge is 0.468 e. The summed E-state index contributed by atoms with van der Waals surface area (Å²) in [7, 11) is 1.32. The predicted octanol–water partition coefficient (Wildman–Crippen LogP) is 0.544. The van der Waals surface area contributed by atoms with Crippen molar-refractivity contribution in [2.24, 2.45) is 11.7 Å². The van der Waals surface area contributed by atoms with Crippen LogP contribution in [0.2, 0.25) is 0 Å². The number of hydrogen-bond donors (Lipinski definition) is 2. The molecule has 0 saturated heterocycles. The van der Waals surface area contributed by atoms with Crippen molar-refractivity contribution >= 4 is 30.1 Å². The molecule has 7 nitrogen and oxygen atoms in total. The third-order valence-corrected chi connectivity index (χ3v) is 3.25. The summed E-state index contributed by atoms with van der Waals surface area (Å²) in [6, 6.07) is 1.77. The fourth-order valence-corrected chi connectivity index (χ4v) is 2.20. The van der Waals surface area contributed by atoms with E-state index in [1.165, 1.54) is 11.8 Å². The molecule has 0 bridgehead atoms. The van der Waals surface area contributed by atoms with E-state index in [4.69, 9.17) is 5.73 Å². The number of nitrogens with zero attached hydrogens (tertiary/aromatic N) is 2. The van der Waals surface area contributed by atoms with Crippen LogP contribution in [0.1, 0.15) is 19.3 Å². The number of halogens is 1. The molecule has 1 aliphatic carbocycles. The van der Waals surface area contributed by atoms with Gasteiger partial charge in [0.25, 0.3) is 0 Å². The SMILES string of the molecule is COC(=O)Cn1ccc(NC(=O)C2CCC(N)C2)n1.Cl. The number of methoxy groups -OCH3 is 1. The van der Waals surface area contributed by atoms with Crippen LogP contribution in [0.5, 0.6) is 0 Å². The molecule has 0 radical (unpaired) electrons. The van der Waals surface area contributed by atoms with Gasteiger partial charge in [0.15, 0.2) is 5.82 Å². The maximum Gasteiger partial charge on any atom is 0.327 e. The lowest BCUT2D eigenvalue weighted by molar-refractivity contribution is -0.141. The van der Waals surface area contributed by atoms with Crippen molar-refractivity contribution in [2.75, 3.05) is 12.4 Å². The standard InChI is InChI=1S/C12H18N4O3.ClH/c1-19-11(17)7-16-5-4-10(15-16)14-12(18)8-2-3-9(13)6-8;/h4-5,8-9H,2-3,6-7,13H2,1H3,(H,14,15,18);1H. The quantitative estimate of drug-likeness (QED) is 0.791. The molecule has 1 aromatic heterocycles. The summed E-state index contributed by atoms with van der Waals surface area (Å²) in [6.45, 7) is 0.0284. The van der Waals surface area contributed by atoms with E-state index >= 15 is 0 Å². The van der Waals surface area contributed by atoms with Gasteiger partial charge in [-0.3, -0.25) is 14.3 Å². The highest BCUT2D eigenvalue weighted by atomic mass is 35.5. The number of esters is 1. The molecule has 1 fully saturated rings. The van der Waals surface area contributed by atoms with E-state index in [1.54, 1.807) is 12.3 Å². The van der Waals surface area contributed by atoms with E-state index in [-0.39, 0.29) is 42.8 Å². The third kappa shape index (κ3) is 4.21. The number of amides is 1. The fraction of sp³-hybridized carbons (Fsp3) is 0.583. The molecule has 112 valence electrons. The molecule has 1 aromatic rings. The van der Waals surface area contributed by atoms with E-state index in [0.717, 1.165) is 12.8 Å². The predicted molar refractivity (Wildman–Crippen MR) is 75.4 cm³/mol. The molecule has 2 rings (SSSR count). The van der Waals surface area contributed by atoms with Crippen molar-refractivity contribution in [2.45, 2.75) is 31.8 Å². The summed E-state index contributed by atoms with van der Waals surface area (Å²) in [4.78, 5) is 23.0. The first-order valence-electron chi connectivity index (χ1n) is 6.25. The Kier molecular flexibility index (Phi) is 5.97. The number of carbonyl (C=O) groups is 2. The molecular formula is C12H19ClN4O3. The van der Waals surface area contributed by atoms with Crippen LogP contribution < -0.4 is 11.1 Å². The lowest BCUT2D eigenvalue weighted by Crippen LogP contribution is -2.23. The van der Waals surface area contributed by atoms with E-state index in [9.17, 15) is 9.59 Å². The van der Waals surface area contributed by atoms with Crippen LogP contribution in [0, 0.1) is 5.92 Å². The summed E-state index contributed by atoms with van der Waals surface area (Å²) < 4.78 is 5.96. The third-order valence-electron chi connectivity index (χ3n) is 3.25. The Morgan fingerprint density at radius 3 is 2.90 bits per heavy atom. The molecule has 1 heterocycles. The molecule has 3 N–H and O–H groups in total. The minimum Gasteiger partial charge on any atom is -0.468 e. The number of nitrogens with two attached hydrogens (primary N) is 1. The zero-order valence-corrected chi connectivity index (χ0v) is 12.1. The number of aromatic nitrogens is 2. The molecule has 1 aliphatic rings. The molecule has 20 heavy (non-hydrogen) atoms. The zero-order valence-electron chi connectivity index (χ0n) is 11.2.